The highest BCUT2D eigenvalue weighted by molar-refractivity contribution is 6.30. The van der Waals surface area contributed by atoms with Crippen LogP contribution in [-0.2, 0) is 0 Å². The van der Waals surface area contributed by atoms with Crippen molar-refractivity contribution >= 4 is 17.7 Å². The molecular formula is C11H10ClF3O. The van der Waals surface area contributed by atoms with Crippen LogP contribution in [0.3, 0.4) is 0 Å². The van der Waals surface area contributed by atoms with Crippen LogP contribution in [0.15, 0.2) is 29.8 Å². The van der Waals surface area contributed by atoms with Gasteiger partial charge in [-0.3, -0.25) is 0 Å². The van der Waals surface area contributed by atoms with Gasteiger partial charge in [-0.15, -0.1) is 0 Å². The Labute approximate surface area is 96.2 Å². The van der Waals surface area contributed by atoms with Gasteiger partial charge in [0.2, 0.25) is 0 Å². The Bertz CT molecular complexity index is 398. The molecule has 0 aromatic heterocycles. The van der Waals surface area contributed by atoms with E-state index in [0.717, 1.165) is 0 Å². The molecule has 1 atom stereocenters. The Balaban J connectivity index is 2.93. The van der Waals surface area contributed by atoms with Gasteiger partial charge in [0.25, 0.3) is 0 Å². The van der Waals surface area contributed by atoms with Gasteiger partial charge in [0.05, 0.1) is 0 Å². The first-order valence-electron chi connectivity index (χ1n) is 4.49. The van der Waals surface area contributed by atoms with Crippen molar-refractivity contribution in [3.8, 4) is 0 Å². The molecule has 1 aromatic rings. The van der Waals surface area contributed by atoms with Gasteiger partial charge >= 0.3 is 6.18 Å². The highest BCUT2D eigenvalue weighted by atomic mass is 35.5. The molecule has 0 saturated carbocycles. The first-order chi connectivity index (χ1) is 7.30. The first-order valence-corrected chi connectivity index (χ1v) is 4.87. The summed E-state index contributed by atoms with van der Waals surface area (Å²) in [6.45, 7) is 1.22. The van der Waals surface area contributed by atoms with Gasteiger partial charge in [-0.05, 0) is 30.2 Å². The molecule has 1 rings (SSSR count). The molecule has 0 spiro atoms. The van der Waals surface area contributed by atoms with Crippen LogP contribution in [-0.4, -0.2) is 17.4 Å². The Kier molecular flexibility index (Phi) is 3.99. The van der Waals surface area contributed by atoms with Crippen molar-refractivity contribution in [2.24, 2.45) is 0 Å². The molecule has 0 heterocycles. The summed E-state index contributed by atoms with van der Waals surface area (Å²) in [5.41, 5.74) is 0.350. The number of alkyl halides is 3. The van der Waals surface area contributed by atoms with Crippen LogP contribution < -0.4 is 0 Å². The van der Waals surface area contributed by atoms with Crippen molar-refractivity contribution in [2.45, 2.75) is 19.2 Å². The zero-order valence-electron chi connectivity index (χ0n) is 8.42. The molecule has 1 unspecified atom stereocenters. The lowest BCUT2D eigenvalue weighted by molar-refractivity contribution is -0.190. The number of aliphatic hydroxyl groups is 1. The van der Waals surface area contributed by atoms with Crippen LogP contribution in [0.4, 0.5) is 13.2 Å². The van der Waals surface area contributed by atoms with Gasteiger partial charge in [0, 0.05) is 5.02 Å². The second-order valence-corrected chi connectivity index (χ2v) is 3.82. The molecule has 0 fully saturated rings. The first kappa shape index (κ1) is 13.1. The third-order valence-electron chi connectivity index (χ3n) is 1.98. The number of hydrogen-bond donors (Lipinski definition) is 1. The minimum absolute atomic E-state index is 0.172. The lowest BCUT2D eigenvalue weighted by Gasteiger charge is -2.15. The highest BCUT2D eigenvalue weighted by Gasteiger charge is 2.39. The molecule has 0 radical (unpaired) electrons. The molecular weight excluding hydrogens is 241 g/mol. The fourth-order valence-corrected chi connectivity index (χ4v) is 1.40. The minimum Gasteiger partial charge on any atom is -0.379 e. The average Bonchev–Trinajstić information content (AvgIpc) is 2.15. The van der Waals surface area contributed by atoms with Crippen molar-refractivity contribution in [3.05, 3.63) is 40.4 Å². The highest BCUT2D eigenvalue weighted by Crippen LogP contribution is 2.26. The van der Waals surface area contributed by atoms with E-state index >= 15 is 0 Å². The van der Waals surface area contributed by atoms with Crippen LogP contribution in [0.25, 0.3) is 6.08 Å². The van der Waals surface area contributed by atoms with Crippen LogP contribution in [0.1, 0.15) is 12.5 Å². The summed E-state index contributed by atoms with van der Waals surface area (Å²) in [4.78, 5) is 0. The van der Waals surface area contributed by atoms with Crippen LogP contribution in [0.5, 0.6) is 0 Å². The average molecular weight is 251 g/mol. The molecule has 0 saturated heterocycles. The SMILES string of the molecule is C/C(=C\c1cccc(Cl)c1)C(O)C(F)(F)F. The number of rotatable bonds is 2. The van der Waals surface area contributed by atoms with Gasteiger partial charge in [-0.25, -0.2) is 0 Å². The maximum atomic E-state index is 12.2. The molecule has 88 valence electrons. The standard InChI is InChI=1S/C11H10ClF3O/c1-7(10(16)11(13,14)15)5-8-3-2-4-9(12)6-8/h2-6,10,16H,1H3/b7-5+. The summed E-state index contributed by atoms with van der Waals surface area (Å²) in [5.74, 6) is 0. The van der Waals surface area contributed by atoms with E-state index in [1.165, 1.54) is 19.1 Å². The van der Waals surface area contributed by atoms with Crippen molar-refractivity contribution < 1.29 is 18.3 Å². The number of hydrogen-bond acceptors (Lipinski definition) is 1. The number of aliphatic hydroxyl groups excluding tert-OH is 1. The predicted molar refractivity (Wildman–Crippen MR) is 57.2 cm³/mol. The molecule has 0 bridgehead atoms. The molecule has 1 nitrogen and oxygen atoms in total. The van der Waals surface area contributed by atoms with E-state index in [9.17, 15) is 13.2 Å². The molecule has 1 aromatic carbocycles. The zero-order valence-corrected chi connectivity index (χ0v) is 9.18. The maximum absolute atomic E-state index is 12.2. The largest absolute Gasteiger partial charge is 0.418 e. The third-order valence-corrected chi connectivity index (χ3v) is 2.22. The van der Waals surface area contributed by atoms with E-state index in [1.54, 1.807) is 18.2 Å². The Morgan fingerprint density at radius 1 is 1.44 bits per heavy atom. The zero-order chi connectivity index (χ0) is 12.3. The lowest BCUT2D eigenvalue weighted by atomic mass is 10.1. The van der Waals surface area contributed by atoms with Crippen LogP contribution in [0, 0.1) is 0 Å². The van der Waals surface area contributed by atoms with Crippen molar-refractivity contribution in [1.29, 1.82) is 0 Å². The molecule has 0 aliphatic heterocycles. The normalized spacial score (nSPS) is 15.0. The lowest BCUT2D eigenvalue weighted by Crippen LogP contribution is -2.29. The summed E-state index contributed by atoms with van der Waals surface area (Å²) >= 11 is 5.68. The van der Waals surface area contributed by atoms with E-state index in [0.29, 0.717) is 10.6 Å². The number of halogens is 4. The molecule has 1 N–H and O–H groups in total. The summed E-state index contributed by atoms with van der Waals surface area (Å²) in [6.07, 6.45) is -5.82. The summed E-state index contributed by atoms with van der Waals surface area (Å²) in [7, 11) is 0. The Morgan fingerprint density at radius 2 is 2.06 bits per heavy atom. The molecule has 16 heavy (non-hydrogen) atoms. The van der Waals surface area contributed by atoms with Crippen molar-refractivity contribution in [2.75, 3.05) is 0 Å². The fourth-order valence-electron chi connectivity index (χ4n) is 1.20. The maximum Gasteiger partial charge on any atom is 0.418 e. The molecule has 0 aliphatic rings. The number of benzene rings is 1. The Hall–Kier alpha value is -1.00. The van der Waals surface area contributed by atoms with Crippen LogP contribution >= 0.6 is 11.6 Å². The van der Waals surface area contributed by atoms with E-state index in [4.69, 9.17) is 16.7 Å². The van der Waals surface area contributed by atoms with E-state index in [1.807, 2.05) is 0 Å². The van der Waals surface area contributed by atoms with Crippen molar-refractivity contribution in [1.82, 2.24) is 0 Å². The van der Waals surface area contributed by atoms with Gasteiger partial charge in [-0.1, -0.05) is 29.8 Å². The molecule has 0 aliphatic carbocycles. The molecule has 0 amide bonds. The third kappa shape index (κ3) is 3.54. The van der Waals surface area contributed by atoms with Crippen LogP contribution in [0.2, 0.25) is 5.02 Å². The summed E-state index contributed by atoms with van der Waals surface area (Å²) in [5, 5.41) is 9.39. The van der Waals surface area contributed by atoms with Crippen molar-refractivity contribution in [3.63, 3.8) is 0 Å². The second-order valence-electron chi connectivity index (χ2n) is 3.39. The fraction of sp³-hybridized carbons (Fsp3) is 0.273. The predicted octanol–water partition coefficient (Wildman–Crippen LogP) is 3.67. The van der Waals surface area contributed by atoms with Gasteiger partial charge in [0.1, 0.15) is 0 Å². The quantitative estimate of drug-likeness (QED) is 0.849. The summed E-state index contributed by atoms with van der Waals surface area (Å²) < 4.78 is 36.5. The van der Waals surface area contributed by atoms with E-state index < -0.39 is 12.3 Å². The smallest absolute Gasteiger partial charge is 0.379 e. The second kappa shape index (κ2) is 4.89. The monoisotopic (exact) mass is 250 g/mol. The van der Waals surface area contributed by atoms with Gasteiger partial charge in [0.15, 0.2) is 6.10 Å². The summed E-state index contributed by atoms with van der Waals surface area (Å²) in [6, 6.07) is 6.38. The van der Waals surface area contributed by atoms with E-state index in [-0.39, 0.29) is 5.57 Å². The van der Waals surface area contributed by atoms with E-state index in [2.05, 4.69) is 0 Å². The Morgan fingerprint density at radius 3 is 2.56 bits per heavy atom. The molecule has 5 heteroatoms. The van der Waals surface area contributed by atoms with Gasteiger partial charge < -0.3 is 5.11 Å². The van der Waals surface area contributed by atoms with Gasteiger partial charge in [-0.2, -0.15) is 13.2 Å². The minimum atomic E-state index is -4.64. The topological polar surface area (TPSA) is 20.2 Å².